The number of hydrogen-bond donors (Lipinski definition) is 1. The van der Waals surface area contributed by atoms with Crippen molar-refractivity contribution in [3.8, 4) is 5.75 Å². The summed E-state index contributed by atoms with van der Waals surface area (Å²) in [4.78, 5) is 14.3. The summed E-state index contributed by atoms with van der Waals surface area (Å²) in [6, 6.07) is 15.8. The van der Waals surface area contributed by atoms with Crippen molar-refractivity contribution in [2.24, 2.45) is 5.41 Å². The molecule has 4 rings (SSSR count). The lowest BCUT2D eigenvalue weighted by molar-refractivity contribution is -0.151. The molecule has 2 aromatic rings. The van der Waals surface area contributed by atoms with Crippen molar-refractivity contribution in [3.05, 3.63) is 60.2 Å². The van der Waals surface area contributed by atoms with Gasteiger partial charge in [-0.25, -0.2) is 8.42 Å². The van der Waals surface area contributed by atoms with Gasteiger partial charge < -0.3 is 14.7 Å². The van der Waals surface area contributed by atoms with Crippen LogP contribution < -0.4 is 4.74 Å². The van der Waals surface area contributed by atoms with Crippen molar-refractivity contribution in [1.82, 2.24) is 4.90 Å². The van der Waals surface area contributed by atoms with Crippen LogP contribution in [0.1, 0.15) is 11.5 Å². The van der Waals surface area contributed by atoms with E-state index < -0.39 is 21.2 Å². The standard InChI is InChI=1S/C20H21NO5S/c22-19(23)20-13-21(10-11-27(24,25)15-6-2-1-3-7-15)12-17(20)16-8-4-5-9-18(16)26-14-20/h1-9,17H,10-14H2,(H,22,23)/t17-,20-/m0/s1. The maximum Gasteiger partial charge on any atom is 0.315 e. The van der Waals surface area contributed by atoms with Crippen molar-refractivity contribution >= 4 is 15.8 Å². The topological polar surface area (TPSA) is 83.9 Å². The Morgan fingerprint density at radius 2 is 1.85 bits per heavy atom. The molecule has 1 saturated heterocycles. The van der Waals surface area contributed by atoms with Crippen molar-refractivity contribution in [3.63, 3.8) is 0 Å². The molecule has 2 aromatic carbocycles. The zero-order chi connectivity index (χ0) is 19.1. The van der Waals surface area contributed by atoms with Crippen LogP contribution in [0.4, 0.5) is 0 Å². The third-order valence-electron chi connectivity index (χ3n) is 5.60. The maximum absolute atomic E-state index is 12.5. The number of fused-ring (bicyclic) bond motifs is 3. The summed E-state index contributed by atoms with van der Waals surface area (Å²) in [5, 5.41) is 9.92. The largest absolute Gasteiger partial charge is 0.492 e. The third kappa shape index (κ3) is 3.11. The molecule has 2 aliphatic heterocycles. The number of rotatable bonds is 5. The molecule has 0 spiro atoms. The van der Waals surface area contributed by atoms with Gasteiger partial charge in [-0.3, -0.25) is 4.79 Å². The molecule has 0 saturated carbocycles. The lowest BCUT2D eigenvalue weighted by Gasteiger charge is -2.35. The Bertz CT molecular complexity index is 959. The molecule has 0 amide bonds. The highest BCUT2D eigenvalue weighted by Crippen LogP contribution is 2.49. The van der Waals surface area contributed by atoms with Crippen molar-refractivity contribution in [2.75, 3.05) is 32.0 Å². The van der Waals surface area contributed by atoms with Gasteiger partial charge in [-0.1, -0.05) is 36.4 Å². The lowest BCUT2D eigenvalue weighted by atomic mass is 9.73. The van der Waals surface area contributed by atoms with E-state index in [0.717, 1.165) is 11.3 Å². The van der Waals surface area contributed by atoms with Crippen molar-refractivity contribution in [1.29, 1.82) is 0 Å². The molecule has 7 heteroatoms. The molecule has 6 nitrogen and oxygen atoms in total. The summed E-state index contributed by atoms with van der Waals surface area (Å²) in [6.07, 6.45) is 0. The number of benzene rings is 2. The van der Waals surface area contributed by atoms with Crippen LogP contribution in [0, 0.1) is 5.41 Å². The zero-order valence-corrected chi connectivity index (χ0v) is 15.6. The van der Waals surface area contributed by atoms with E-state index >= 15 is 0 Å². The Morgan fingerprint density at radius 1 is 1.15 bits per heavy atom. The second kappa shape index (κ2) is 6.65. The molecular formula is C20H21NO5S. The number of aliphatic carboxylic acids is 1. The third-order valence-corrected chi connectivity index (χ3v) is 7.31. The van der Waals surface area contributed by atoms with Gasteiger partial charge >= 0.3 is 5.97 Å². The van der Waals surface area contributed by atoms with E-state index in [4.69, 9.17) is 4.74 Å². The fraction of sp³-hybridized carbons (Fsp3) is 0.350. The van der Waals surface area contributed by atoms with E-state index in [2.05, 4.69) is 0 Å². The summed E-state index contributed by atoms with van der Waals surface area (Å²) in [7, 11) is -3.40. The number of ether oxygens (including phenoxy) is 1. The molecule has 1 fully saturated rings. The molecular weight excluding hydrogens is 366 g/mol. The first-order valence-corrected chi connectivity index (χ1v) is 10.5. The maximum atomic E-state index is 12.5. The Hall–Kier alpha value is -2.38. The van der Waals surface area contributed by atoms with E-state index in [1.807, 2.05) is 29.2 Å². The number of nitrogens with zero attached hydrogens (tertiary/aromatic N) is 1. The van der Waals surface area contributed by atoms with Gasteiger partial charge in [-0.05, 0) is 23.8 Å². The highest BCUT2D eigenvalue weighted by atomic mass is 32.2. The zero-order valence-electron chi connectivity index (χ0n) is 14.7. The van der Waals surface area contributed by atoms with Crippen LogP contribution >= 0.6 is 0 Å². The van der Waals surface area contributed by atoms with Crippen LogP contribution in [-0.4, -0.2) is 56.4 Å². The predicted molar refractivity (Wildman–Crippen MR) is 99.7 cm³/mol. The highest BCUT2D eigenvalue weighted by molar-refractivity contribution is 7.91. The van der Waals surface area contributed by atoms with Gasteiger partial charge in [-0.2, -0.15) is 0 Å². The van der Waals surface area contributed by atoms with E-state index in [9.17, 15) is 18.3 Å². The first-order valence-electron chi connectivity index (χ1n) is 8.88. The second-order valence-corrected chi connectivity index (χ2v) is 9.32. The Labute approximate surface area is 158 Å². The first-order chi connectivity index (χ1) is 12.9. The van der Waals surface area contributed by atoms with E-state index in [0.29, 0.717) is 18.0 Å². The minimum Gasteiger partial charge on any atom is -0.492 e. The van der Waals surface area contributed by atoms with Gasteiger partial charge in [-0.15, -0.1) is 0 Å². The number of para-hydroxylation sites is 1. The van der Waals surface area contributed by atoms with Crippen molar-refractivity contribution in [2.45, 2.75) is 10.8 Å². The molecule has 0 aromatic heterocycles. The number of carbonyl (C=O) groups is 1. The molecule has 27 heavy (non-hydrogen) atoms. The predicted octanol–water partition coefficient (Wildman–Crippen LogP) is 2.02. The number of carboxylic acids is 1. The first kappa shape index (κ1) is 18.0. The summed E-state index contributed by atoms with van der Waals surface area (Å²) < 4.78 is 30.8. The van der Waals surface area contributed by atoms with Crippen LogP contribution in [0.15, 0.2) is 59.5 Å². The van der Waals surface area contributed by atoms with Crippen LogP contribution in [-0.2, 0) is 14.6 Å². The van der Waals surface area contributed by atoms with Gasteiger partial charge in [0.1, 0.15) is 17.8 Å². The number of hydrogen-bond acceptors (Lipinski definition) is 5. The summed E-state index contributed by atoms with van der Waals surface area (Å²) in [6.45, 7) is 1.19. The van der Waals surface area contributed by atoms with Gasteiger partial charge in [0, 0.05) is 25.6 Å². The van der Waals surface area contributed by atoms with Gasteiger partial charge in [0.15, 0.2) is 9.84 Å². The normalized spacial score (nSPS) is 24.7. The lowest BCUT2D eigenvalue weighted by Crippen LogP contribution is -2.45. The average molecular weight is 387 g/mol. The fourth-order valence-corrected chi connectivity index (χ4v) is 5.41. The molecule has 0 radical (unpaired) electrons. The van der Waals surface area contributed by atoms with E-state index in [-0.39, 0.29) is 24.8 Å². The fourth-order valence-electron chi connectivity index (χ4n) is 4.10. The number of likely N-dealkylation sites (tertiary alicyclic amines) is 1. The molecule has 142 valence electrons. The quantitative estimate of drug-likeness (QED) is 0.845. The molecule has 2 atom stereocenters. The molecule has 2 aliphatic rings. The van der Waals surface area contributed by atoms with E-state index in [1.54, 1.807) is 30.3 Å². The summed E-state index contributed by atoms with van der Waals surface area (Å²) >= 11 is 0. The van der Waals surface area contributed by atoms with E-state index in [1.165, 1.54) is 0 Å². The van der Waals surface area contributed by atoms with Crippen LogP contribution in [0.2, 0.25) is 0 Å². The smallest absolute Gasteiger partial charge is 0.315 e. The SMILES string of the molecule is O=C(O)[C@@]12COc3ccccc3[C@@H]1CN(CCS(=O)(=O)c1ccccc1)C2. The van der Waals surface area contributed by atoms with Crippen LogP contribution in [0.3, 0.4) is 0 Å². The summed E-state index contributed by atoms with van der Waals surface area (Å²) in [5.41, 5.74) is -0.148. The molecule has 1 N–H and O–H groups in total. The van der Waals surface area contributed by atoms with Crippen LogP contribution in [0.5, 0.6) is 5.75 Å². The van der Waals surface area contributed by atoms with Gasteiger partial charge in [0.25, 0.3) is 0 Å². The van der Waals surface area contributed by atoms with Crippen LogP contribution in [0.25, 0.3) is 0 Å². The Kier molecular flexibility index (Phi) is 4.44. The Balaban J connectivity index is 1.55. The average Bonchev–Trinajstić information content (AvgIpc) is 3.08. The minimum absolute atomic E-state index is 0.0397. The van der Waals surface area contributed by atoms with Crippen molar-refractivity contribution < 1.29 is 23.1 Å². The second-order valence-electron chi connectivity index (χ2n) is 7.21. The minimum atomic E-state index is -3.40. The highest BCUT2D eigenvalue weighted by Gasteiger charge is 2.56. The number of carboxylic acid groups (broad SMARTS) is 1. The molecule has 0 bridgehead atoms. The van der Waals surface area contributed by atoms with Gasteiger partial charge in [0.2, 0.25) is 0 Å². The molecule has 0 unspecified atom stereocenters. The number of sulfone groups is 1. The molecule has 2 heterocycles. The van der Waals surface area contributed by atoms with Gasteiger partial charge in [0.05, 0.1) is 10.6 Å². The Morgan fingerprint density at radius 3 is 2.59 bits per heavy atom. The summed E-state index contributed by atoms with van der Waals surface area (Å²) in [5.74, 6) is -0.421. The molecule has 0 aliphatic carbocycles. The monoisotopic (exact) mass is 387 g/mol.